The molecule has 2 amide bonds. The van der Waals surface area contributed by atoms with Gasteiger partial charge in [0, 0.05) is 17.6 Å². The van der Waals surface area contributed by atoms with Crippen LogP contribution >= 0.6 is 11.6 Å². The van der Waals surface area contributed by atoms with Crippen LogP contribution in [-0.4, -0.2) is 43.8 Å². The molecule has 7 nitrogen and oxygen atoms in total. The molecular weight excluding hydrogens is 570 g/mol. The van der Waals surface area contributed by atoms with Gasteiger partial charge in [0.05, 0.1) is 10.6 Å². The lowest BCUT2D eigenvalue weighted by Crippen LogP contribution is -2.53. The molecule has 4 rings (SSSR count). The third-order valence-corrected chi connectivity index (χ3v) is 10.2. The van der Waals surface area contributed by atoms with Crippen molar-refractivity contribution in [1.29, 1.82) is 0 Å². The molecule has 1 atom stereocenters. The smallest absolute Gasteiger partial charge is 0.264 e. The summed E-state index contributed by atoms with van der Waals surface area (Å²) in [7, 11) is -4.15. The monoisotopic (exact) mass is 609 g/mol. The van der Waals surface area contributed by atoms with Crippen LogP contribution in [0.4, 0.5) is 5.69 Å². The lowest BCUT2D eigenvalue weighted by atomic mass is 10.1. The maximum Gasteiger partial charge on any atom is 0.264 e. The standard InChI is InChI=1S/C33H40ClN3O4S/c1-5-31(33(39)35-27-12-8-9-13-27)36(21-26-11-7-6-10-24(26)3)32(38)22-37(28-17-16-25(4)30(34)20-28)42(40,41)29-18-14-23(2)15-19-29/h6-7,10-11,14-20,27,31H,5,8-9,12-13,21-22H2,1-4H3,(H,35,39)/t31-/m0/s1. The van der Waals surface area contributed by atoms with Gasteiger partial charge >= 0.3 is 0 Å². The first-order valence-electron chi connectivity index (χ1n) is 14.5. The van der Waals surface area contributed by atoms with Gasteiger partial charge in [0.2, 0.25) is 11.8 Å². The SMILES string of the molecule is CC[C@@H](C(=O)NC1CCCC1)N(Cc1ccccc1C)C(=O)CN(c1ccc(C)c(Cl)c1)S(=O)(=O)c1ccc(C)cc1. The van der Waals surface area contributed by atoms with E-state index in [-0.39, 0.29) is 29.1 Å². The molecule has 0 aliphatic heterocycles. The number of sulfonamides is 1. The molecule has 0 heterocycles. The molecule has 9 heteroatoms. The molecule has 0 bridgehead atoms. The van der Waals surface area contributed by atoms with E-state index >= 15 is 0 Å². The molecule has 3 aromatic carbocycles. The van der Waals surface area contributed by atoms with Gasteiger partial charge in [0.25, 0.3) is 10.0 Å². The van der Waals surface area contributed by atoms with Crippen molar-refractivity contribution < 1.29 is 18.0 Å². The van der Waals surface area contributed by atoms with Crippen LogP contribution in [-0.2, 0) is 26.2 Å². The quantitative estimate of drug-likeness (QED) is 0.275. The minimum absolute atomic E-state index is 0.0640. The summed E-state index contributed by atoms with van der Waals surface area (Å²) < 4.78 is 29.2. The van der Waals surface area contributed by atoms with Crippen LogP contribution in [0.5, 0.6) is 0 Å². The van der Waals surface area contributed by atoms with Crippen LogP contribution in [0.2, 0.25) is 5.02 Å². The van der Waals surface area contributed by atoms with Crippen molar-refractivity contribution in [2.24, 2.45) is 0 Å². The van der Waals surface area contributed by atoms with Gasteiger partial charge in [-0.2, -0.15) is 0 Å². The van der Waals surface area contributed by atoms with E-state index < -0.39 is 28.5 Å². The number of hydrogen-bond acceptors (Lipinski definition) is 4. The summed E-state index contributed by atoms with van der Waals surface area (Å²) in [6, 6.07) is 18.5. The Morgan fingerprint density at radius 2 is 1.62 bits per heavy atom. The zero-order valence-corrected chi connectivity index (χ0v) is 26.3. The molecule has 3 aromatic rings. The highest BCUT2D eigenvalue weighted by Crippen LogP contribution is 2.29. The van der Waals surface area contributed by atoms with E-state index in [1.807, 2.05) is 52.0 Å². The Kier molecular flexibility index (Phi) is 10.3. The molecule has 224 valence electrons. The first-order valence-corrected chi connectivity index (χ1v) is 16.3. The largest absolute Gasteiger partial charge is 0.352 e. The second-order valence-corrected chi connectivity index (χ2v) is 13.4. The van der Waals surface area contributed by atoms with Crippen molar-refractivity contribution in [1.82, 2.24) is 10.2 Å². The first-order chi connectivity index (χ1) is 20.0. The lowest BCUT2D eigenvalue weighted by Gasteiger charge is -2.34. The minimum Gasteiger partial charge on any atom is -0.352 e. The molecular formula is C33H40ClN3O4S. The molecule has 1 fully saturated rings. The van der Waals surface area contributed by atoms with Crippen LogP contribution in [0.15, 0.2) is 71.6 Å². The summed E-state index contributed by atoms with van der Waals surface area (Å²) in [6.45, 7) is 7.22. The van der Waals surface area contributed by atoms with Crippen molar-refractivity contribution in [3.63, 3.8) is 0 Å². The number of benzene rings is 3. The van der Waals surface area contributed by atoms with Gasteiger partial charge < -0.3 is 10.2 Å². The van der Waals surface area contributed by atoms with Crippen molar-refractivity contribution in [3.8, 4) is 0 Å². The molecule has 0 radical (unpaired) electrons. The van der Waals surface area contributed by atoms with Crippen LogP contribution in [0, 0.1) is 20.8 Å². The average Bonchev–Trinajstić information content (AvgIpc) is 3.47. The van der Waals surface area contributed by atoms with E-state index in [9.17, 15) is 18.0 Å². The zero-order valence-electron chi connectivity index (χ0n) is 24.8. The van der Waals surface area contributed by atoms with Crippen molar-refractivity contribution in [2.75, 3.05) is 10.8 Å². The summed E-state index contributed by atoms with van der Waals surface area (Å²) in [5, 5.41) is 3.54. The third-order valence-electron chi connectivity index (χ3n) is 8.02. The Morgan fingerprint density at radius 3 is 2.24 bits per heavy atom. The first kappa shape index (κ1) is 31.6. The van der Waals surface area contributed by atoms with Crippen LogP contribution in [0.25, 0.3) is 0 Å². The molecule has 1 saturated carbocycles. The Labute approximate surface area is 254 Å². The van der Waals surface area contributed by atoms with Gasteiger partial charge in [0.1, 0.15) is 12.6 Å². The number of halogens is 1. The van der Waals surface area contributed by atoms with E-state index in [1.54, 1.807) is 30.3 Å². The van der Waals surface area contributed by atoms with Gasteiger partial charge in [-0.15, -0.1) is 0 Å². The molecule has 0 unspecified atom stereocenters. The van der Waals surface area contributed by atoms with Crippen molar-refractivity contribution in [2.45, 2.75) is 83.3 Å². The molecule has 0 saturated heterocycles. The van der Waals surface area contributed by atoms with Crippen molar-refractivity contribution in [3.05, 3.63) is 94.0 Å². The highest BCUT2D eigenvalue weighted by atomic mass is 35.5. The fourth-order valence-electron chi connectivity index (χ4n) is 5.36. The van der Waals surface area contributed by atoms with E-state index in [2.05, 4.69) is 5.32 Å². The zero-order chi connectivity index (χ0) is 30.4. The van der Waals surface area contributed by atoms with Gasteiger partial charge in [0.15, 0.2) is 0 Å². The molecule has 1 aliphatic carbocycles. The van der Waals surface area contributed by atoms with Gasteiger partial charge in [-0.3, -0.25) is 13.9 Å². The predicted molar refractivity (Wildman–Crippen MR) is 168 cm³/mol. The second kappa shape index (κ2) is 13.7. The van der Waals surface area contributed by atoms with Gasteiger partial charge in [-0.05, 0) is 81.0 Å². The number of anilines is 1. The second-order valence-electron chi connectivity index (χ2n) is 11.1. The summed E-state index contributed by atoms with van der Waals surface area (Å²) in [6.07, 6.45) is 4.36. The normalized spacial score (nSPS) is 14.4. The average molecular weight is 610 g/mol. The predicted octanol–water partition coefficient (Wildman–Crippen LogP) is 6.33. The van der Waals surface area contributed by atoms with Crippen LogP contribution in [0.1, 0.15) is 61.3 Å². The fourth-order valence-corrected chi connectivity index (χ4v) is 6.94. The number of hydrogen-bond donors (Lipinski definition) is 1. The topological polar surface area (TPSA) is 86.8 Å². The number of nitrogens with zero attached hydrogens (tertiary/aromatic N) is 2. The molecule has 0 spiro atoms. The summed E-state index contributed by atoms with van der Waals surface area (Å²) >= 11 is 6.42. The molecule has 1 aliphatic rings. The molecule has 1 N–H and O–H groups in total. The lowest BCUT2D eigenvalue weighted by molar-refractivity contribution is -0.140. The van der Waals surface area contributed by atoms with Crippen LogP contribution < -0.4 is 9.62 Å². The van der Waals surface area contributed by atoms with E-state index in [1.165, 1.54) is 17.0 Å². The number of carbonyl (C=O) groups excluding carboxylic acids is 2. The number of aryl methyl sites for hydroxylation is 3. The number of nitrogens with one attached hydrogen (secondary N) is 1. The Balaban J connectivity index is 1.74. The highest BCUT2D eigenvalue weighted by molar-refractivity contribution is 7.92. The molecule has 42 heavy (non-hydrogen) atoms. The summed E-state index contributed by atoms with van der Waals surface area (Å²) in [5.74, 6) is -0.684. The highest BCUT2D eigenvalue weighted by Gasteiger charge is 2.35. The van der Waals surface area contributed by atoms with Gasteiger partial charge in [-0.25, -0.2) is 8.42 Å². The van der Waals surface area contributed by atoms with Crippen molar-refractivity contribution >= 4 is 39.1 Å². The maximum absolute atomic E-state index is 14.3. The van der Waals surface area contributed by atoms with E-state index in [0.717, 1.165) is 52.2 Å². The van der Waals surface area contributed by atoms with E-state index in [0.29, 0.717) is 11.4 Å². The van der Waals surface area contributed by atoms with Crippen LogP contribution in [0.3, 0.4) is 0 Å². The van der Waals surface area contributed by atoms with Gasteiger partial charge in [-0.1, -0.05) is 79.4 Å². The van der Waals surface area contributed by atoms with E-state index in [4.69, 9.17) is 11.6 Å². The number of rotatable bonds is 11. The third kappa shape index (κ3) is 7.34. The molecule has 0 aromatic heterocycles. The Hall–Kier alpha value is -3.36. The summed E-state index contributed by atoms with van der Waals surface area (Å²) in [4.78, 5) is 29.5. The number of carbonyl (C=O) groups is 2. The summed E-state index contributed by atoms with van der Waals surface area (Å²) in [5.41, 5.74) is 3.85. The Morgan fingerprint density at radius 1 is 0.952 bits per heavy atom. The fraction of sp³-hybridized carbons (Fsp3) is 0.394. The Bertz CT molecular complexity index is 1520. The minimum atomic E-state index is -4.15. The number of amides is 2. The maximum atomic E-state index is 14.3.